The highest BCUT2D eigenvalue weighted by molar-refractivity contribution is 5.96. The Balaban J connectivity index is 1.83. The van der Waals surface area contributed by atoms with Crippen LogP contribution in [0, 0.1) is 0 Å². The van der Waals surface area contributed by atoms with Crippen LogP contribution >= 0.6 is 0 Å². The molecule has 0 spiro atoms. The largest absolute Gasteiger partial charge is 0.478 e. The van der Waals surface area contributed by atoms with Gasteiger partial charge in [-0.15, -0.1) is 0 Å². The number of aromatic nitrogens is 1. The Morgan fingerprint density at radius 1 is 1.35 bits per heavy atom. The standard InChI is InChI=1S/C14H20N4O2/c15-12-11(14(19)20)4-5-16-13(12)18-8-7-17-6-2-1-3-10(17)9-18/h4-5,10H,1-3,6-9,15H2,(H,19,20). The molecule has 108 valence electrons. The summed E-state index contributed by atoms with van der Waals surface area (Å²) in [5, 5.41) is 9.14. The SMILES string of the molecule is Nc1c(C(=O)O)ccnc1N1CCN2CCCCC2C1. The summed E-state index contributed by atoms with van der Waals surface area (Å²) in [6.07, 6.45) is 5.29. The zero-order chi connectivity index (χ0) is 14.1. The molecule has 1 atom stereocenters. The fourth-order valence-corrected chi connectivity index (χ4v) is 3.25. The van der Waals surface area contributed by atoms with Crippen LogP contribution < -0.4 is 10.6 Å². The number of nitrogens with zero attached hydrogens (tertiary/aromatic N) is 3. The lowest BCUT2D eigenvalue weighted by molar-refractivity contribution is 0.0698. The second kappa shape index (κ2) is 5.28. The van der Waals surface area contributed by atoms with Crippen molar-refractivity contribution in [3.05, 3.63) is 17.8 Å². The van der Waals surface area contributed by atoms with Crippen molar-refractivity contribution in [2.75, 3.05) is 36.8 Å². The van der Waals surface area contributed by atoms with E-state index in [4.69, 9.17) is 10.8 Å². The van der Waals surface area contributed by atoms with E-state index in [1.807, 2.05) is 0 Å². The highest BCUT2D eigenvalue weighted by Gasteiger charge is 2.30. The molecule has 2 fully saturated rings. The third-order valence-electron chi connectivity index (χ3n) is 4.34. The minimum atomic E-state index is -0.998. The van der Waals surface area contributed by atoms with Crippen molar-refractivity contribution in [3.8, 4) is 0 Å². The molecule has 0 radical (unpaired) electrons. The van der Waals surface area contributed by atoms with Crippen molar-refractivity contribution in [1.29, 1.82) is 0 Å². The minimum Gasteiger partial charge on any atom is -0.478 e. The van der Waals surface area contributed by atoms with Crippen molar-refractivity contribution in [3.63, 3.8) is 0 Å². The molecule has 0 aliphatic carbocycles. The molecule has 0 saturated carbocycles. The van der Waals surface area contributed by atoms with Crippen molar-refractivity contribution < 1.29 is 9.90 Å². The number of piperazine rings is 1. The van der Waals surface area contributed by atoms with Crippen LogP contribution in [0.5, 0.6) is 0 Å². The first-order valence-corrected chi connectivity index (χ1v) is 7.13. The van der Waals surface area contributed by atoms with Crippen LogP contribution in [0.4, 0.5) is 11.5 Å². The normalized spacial score (nSPS) is 23.4. The number of piperidine rings is 1. The lowest BCUT2D eigenvalue weighted by atomic mass is 9.99. The Morgan fingerprint density at radius 3 is 3.00 bits per heavy atom. The first-order chi connectivity index (χ1) is 9.66. The van der Waals surface area contributed by atoms with E-state index in [1.165, 1.54) is 38.1 Å². The fraction of sp³-hybridized carbons (Fsp3) is 0.571. The molecule has 0 bridgehead atoms. The fourth-order valence-electron chi connectivity index (χ4n) is 3.25. The number of anilines is 2. The summed E-state index contributed by atoms with van der Waals surface area (Å²) in [6.45, 7) is 3.93. The Labute approximate surface area is 118 Å². The molecule has 3 rings (SSSR count). The van der Waals surface area contributed by atoms with E-state index < -0.39 is 5.97 Å². The molecule has 1 aromatic heterocycles. The molecule has 1 unspecified atom stereocenters. The quantitative estimate of drug-likeness (QED) is 0.839. The third-order valence-corrected chi connectivity index (χ3v) is 4.34. The van der Waals surface area contributed by atoms with Crippen LogP contribution in [0.3, 0.4) is 0 Å². The average molecular weight is 276 g/mol. The van der Waals surface area contributed by atoms with E-state index in [9.17, 15) is 4.79 Å². The number of aromatic carboxylic acids is 1. The lowest BCUT2D eigenvalue weighted by Crippen LogP contribution is -2.55. The monoisotopic (exact) mass is 276 g/mol. The smallest absolute Gasteiger partial charge is 0.337 e. The van der Waals surface area contributed by atoms with E-state index in [1.54, 1.807) is 0 Å². The molecule has 0 aromatic carbocycles. The molecule has 2 saturated heterocycles. The van der Waals surface area contributed by atoms with Gasteiger partial charge in [0.05, 0.1) is 11.3 Å². The number of nitrogen functional groups attached to an aromatic ring is 1. The van der Waals surface area contributed by atoms with Gasteiger partial charge in [0.2, 0.25) is 0 Å². The number of carboxylic acids is 1. The van der Waals surface area contributed by atoms with Crippen LogP contribution in [0.1, 0.15) is 29.6 Å². The molecule has 2 aliphatic rings. The lowest BCUT2D eigenvalue weighted by Gasteiger charge is -2.44. The number of carbonyl (C=O) groups is 1. The number of carboxylic acid groups (broad SMARTS) is 1. The topological polar surface area (TPSA) is 82.7 Å². The molecule has 1 aromatic rings. The number of rotatable bonds is 2. The predicted molar refractivity (Wildman–Crippen MR) is 77.0 cm³/mol. The van der Waals surface area contributed by atoms with Crippen LogP contribution in [0.25, 0.3) is 0 Å². The van der Waals surface area contributed by atoms with Gasteiger partial charge >= 0.3 is 5.97 Å². The second-order valence-electron chi connectivity index (χ2n) is 5.53. The maximum absolute atomic E-state index is 11.2. The minimum absolute atomic E-state index is 0.140. The van der Waals surface area contributed by atoms with Gasteiger partial charge in [-0.05, 0) is 25.5 Å². The zero-order valence-electron chi connectivity index (χ0n) is 11.5. The molecule has 0 amide bonds. The molecular formula is C14H20N4O2. The maximum Gasteiger partial charge on any atom is 0.337 e. The van der Waals surface area contributed by atoms with Gasteiger partial charge in [0.15, 0.2) is 5.82 Å². The molecule has 3 heterocycles. The maximum atomic E-state index is 11.2. The van der Waals surface area contributed by atoms with Crippen molar-refractivity contribution >= 4 is 17.5 Å². The van der Waals surface area contributed by atoms with Crippen molar-refractivity contribution in [2.45, 2.75) is 25.3 Å². The van der Waals surface area contributed by atoms with Crippen molar-refractivity contribution in [1.82, 2.24) is 9.88 Å². The van der Waals surface area contributed by atoms with Crippen LogP contribution in [-0.2, 0) is 0 Å². The summed E-state index contributed by atoms with van der Waals surface area (Å²) in [6, 6.07) is 2.00. The summed E-state index contributed by atoms with van der Waals surface area (Å²) in [5.41, 5.74) is 6.41. The highest BCUT2D eigenvalue weighted by atomic mass is 16.4. The van der Waals surface area contributed by atoms with E-state index >= 15 is 0 Å². The third kappa shape index (κ3) is 2.31. The average Bonchev–Trinajstić information content (AvgIpc) is 2.46. The van der Waals surface area contributed by atoms with Crippen molar-refractivity contribution in [2.24, 2.45) is 0 Å². The molecule has 20 heavy (non-hydrogen) atoms. The highest BCUT2D eigenvalue weighted by Crippen LogP contribution is 2.28. The zero-order valence-corrected chi connectivity index (χ0v) is 11.5. The number of fused-ring (bicyclic) bond motifs is 1. The van der Waals surface area contributed by atoms with Gasteiger partial charge in [-0.3, -0.25) is 4.90 Å². The number of pyridine rings is 1. The van der Waals surface area contributed by atoms with E-state index in [0.29, 0.717) is 11.9 Å². The van der Waals surface area contributed by atoms with E-state index in [2.05, 4.69) is 14.8 Å². The van der Waals surface area contributed by atoms with Gasteiger partial charge in [-0.25, -0.2) is 9.78 Å². The molecular weight excluding hydrogens is 256 g/mol. The molecule has 3 N–H and O–H groups in total. The van der Waals surface area contributed by atoms with Crippen LogP contribution in [0.15, 0.2) is 12.3 Å². The summed E-state index contributed by atoms with van der Waals surface area (Å²) < 4.78 is 0. The molecule has 2 aliphatic heterocycles. The Hall–Kier alpha value is -1.82. The number of nitrogens with two attached hydrogens (primary N) is 1. The van der Waals surface area contributed by atoms with Crippen LogP contribution in [0.2, 0.25) is 0 Å². The Kier molecular flexibility index (Phi) is 3.48. The first kappa shape index (κ1) is 13.2. The first-order valence-electron chi connectivity index (χ1n) is 7.13. The number of hydrogen-bond donors (Lipinski definition) is 2. The molecule has 6 heteroatoms. The van der Waals surface area contributed by atoms with Crippen LogP contribution in [-0.4, -0.2) is 53.2 Å². The summed E-state index contributed by atoms with van der Waals surface area (Å²) in [4.78, 5) is 20.1. The molecule has 6 nitrogen and oxygen atoms in total. The van der Waals surface area contributed by atoms with E-state index in [0.717, 1.165) is 19.6 Å². The Bertz CT molecular complexity index is 520. The summed E-state index contributed by atoms with van der Waals surface area (Å²) in [7, 11) is 0. The number of hydrogen-bond acceptors (Lipinski definition) is 5. The summed E-state index contributed by atoms with van der Waals surface area (Å²) >= 11 is 0. The van der Waals surface area contributed by atoms with Gasteiger partial charge in [0, 0.05) is 31.9 Å². The second-order valence-corrected chi connectivity index (χ2v) is 5.53. The van der Waals surface area contributed by atoms with Gasteiger partial charge < -0.3 is 15.7 Å². The van der Waals surface area contributed by atoms with Gasteiger partial charge in [0.25, 0.3) is 0 Å². The van der Waals surface area contributed by atoms with Gasteiger partial charge in [-0.2, -0.15) is 0 Å². The Morgan fingerprint density at radius 2 is 2.20 bits per heavy atom. The summed E-state index contributed by atoms with van der Waals surface area (Å²) in [5.74, 6) is -0.377. The predicted octanol–water partition coefficient (Wildman–Crippen LogP) is 1.04. The van der Waals surface area contributed by atoms with Gasteiger partial charge in [-0.1, -0.05) is 6.42 Å². The van der Waals surface area contributed by atoms with Gasteiger partial charge in [0.1, 0.15) is 0 Å². The van der Waals surface area contributed by atoms with E-state index in [-0.39, 0.29) is 11.3 Å².